The largest absolute Gasteiger partial charge is 0.355 e. The van der Waals surface area contributed by atoms with E-state index in [-0.39, 0.29) is 0 Å². The number of allylic oxidation sites excluding steroid dienone is 1. The van der Waals surface area contributed by atoms with E-state index in [1.54, 1.807) is 6.21 Å². The molecule has 0 aliphatic heterocycles. The molecule has 2 nitrogen and oxygen atoms in total. The average Bonchev–Trinajstić information content (AvgIpc) is 2.65. The summed E-state index contributed by atoms with van der Waals surface area (Å²) in [7, 11) is 0. The van der Waals surface area contributed by atoms with E-state index in [4.69, 9.17) is 23.2 Å². The Kier molecular flexibility index (Phi) is 6.51. The first kappa shape index (κ1) is 18.7. The summed E-state index contributed by atoms with van der Waals surface area (Å²) in [4.78, 5) is 4.46. The van der Waals surface area contributed by atoms with Crippen molar-refractivity contribution < 1.29 is 0 Å². The van der Waals surface area contributed by atoms with Crippen LogP contribution >= 0.6 is 39.1 Å². The van der Waals surface area contributed by atoms with Gasteiger partial charge in [0.05, 0.1) is 5.69 Å². The molecule has 0 aromatic heterocycles. The fraction of sp³-hybridized carbons (Fsp3) is 0. The van der Waals surface area contributed by atoms with E-state index in [1.165, 1.54) is 0 Å². The van der Waals surface area contributed by atoms with Crippen molar-refractivity contribution in [2.24, 2.45) is 4.99 Å². The lowest BCUT2D eigenvalue weighted by molar-refractivity contribution is 1.51. The van der Waals surface area contributed by atoms with Gasteiger partial charge in [-0.1, -0.05) is 51.3 Å². The Morgan fingerprint density at radius 3 is 2.00 bits per heavy atom. The third-order valence-electron chi connectivity index (χ3n) is 3.57. The summed E-state index contributed by atoms with van der Waals surface area (Å²) in [5, 5.41) is 4.81. The van der Waals surface area contributed by atoms with Crippen LogP contribution in [-0.2, 0) is 0 Å². The topological polar surface area (TPSA) is 24.4 Å². The Labute approximate surface area is 171 Å². The molecule has 0 atom stereocenters. The van der Waals surface area contributed by atoms with Crippen LogP contribution in [-0.4, -0.2) is 6.21 Å². The third kappa shape index (κ3) is 5.46. The molecular weight excluding hydrogens is 431 g/mol. The molecule has 0 spiro atoms. The van der Waals surface area contributed by atoms with Crippen LogP contribution in [0.5, 0.6) is 0 Å². The predicted molar refractivity (Wildman–Crippen MR) is 117 cm³/mol. The number of halogens is 3. The maximum absolute atomic E-state index is 5.97. The number of nitrogens with one attached hydrogen (secondary N) is 1. The fourth-order valence-electron chi connectivity index (χ4n) is 2.25. The first-order valence-electron chi connectivity index (χ1n) is 7.88. The molecule has 130 valence electrons. The minimum absolute atomic E-state index is 0.694. The van der Waals surface area contributed by atoms with Gasteiger partial charge in [0.25, 0.3) is 0 Å². The van der Waals surface area contributed by atoms with Gasteiger partial charge in [-0.25, -0.2) is 0 Å². The third-order valence-corrected chi connectivity index (χ3v) is 4.60. The van der Waals surface area contributed by atoms with Crippen LogP contribution in [0.2, 0.25) is 10.0 Å². The van der Waals surface area contributed by atoms with E-state index in [2.05, 4.69) is 26.2 Å². The van der Waals surface area contributed by atoms with Gasteiger partial charge in [-0.15, -0.1) is 0 Å². The number of benzene rings is 3. The summed E-state index contributed by atoms with van der Waals surface area (Å²) in [5.41, 5.74) is 3.76. The van der Waals surface area contributed by atoms with Gasteiger partial charge in [-0.2, -0.15) is 0 Å². The zero-order valence-electron chi connectivity index (χ0n) is 13.7. The van der Waals surface area contributed by atoms with E-state index < -0.39 is 0 Å². The van der Waals surface area contributed by atoms with Gasteiger partial charge in [-0.3, -0.25) is 4.99 Å². The number of hydrogen-bond donors (Lipinski definition) is 1. The summed E-state index contributed by atoms with van der Waals surface area (Å²) < 4.78 is 1.03. The SMILES string of the molecule is Clc1ccc(N=C/C=C(\Nc2ccc(Cl)cc2)c2ccc(Br)cc2)cc1. The van der Waals surface area contributed by atoms with Gasteiger partial charge in [0.2, 0.25) is 0 Å². The molecule has 0 saturated heterocycles. The van der Waals surface area contributed by atoms with Gasteiger partial charge in [0, 0.05) is 32.1 Å². The molecule has 1 N–H and O–H groups in total. The van der Waals surface area contributed by atoms with Crippen molar-refractivity contribution in [1.29, 1.82) is 0 Å². The average molecular weight is 446 g/mol. The second-order valence-electron chi connectivity index (χ2n) is 5.47. The molecule has 0 fully saturated rings. The molecule has 0 saturated carbocycles. The Morgan fingerprint density at radius 1 is 0.808 bits per heavy atom. The monoisotopic (exact) mass is 444 g/mol. The zero-order valence-corrected chi connectivity index (χ0v) is 16.8. The highest BCUT2D eigenvalue weighted by Crippen LogP contribution is 2.22. The van der Waals surface area contributed by atoms with Gasteiger partial charge >= 0.3 is 0 Å². The molecule has 0 amide bonds. The van der Waals surface area contributed by atoms with Crippen molar-refractivity contribution in [2.45, 2.75) is 0 Å². The molecular formula is C21H15BrCl2N2. The van der Waals surface area contributed by atoms with Crippen LogP contribution in [0, 0.1) is 0 Å². The van der Waals surface area contributed by atoms with Crippen LogP contribution in [0.25, 0.3) is 5.70 Å². The first-order chi connectivity index (χ1) is 12.6. The number of nitrogens with zero attached hydrogens (tertiary/aromatic N) is 1. The second kappa shape index (κ2) is 9.04. The van der Waals surface area contributed by atoms with Crippen molar-refractivity contribution in [3.8, 4) is 0 Å². The van der Waals surface area contributed by atoms with Crippen LogP contribution in [0.4, 0.5) is 11.4 Å². The molecule has 0 bridgehead atoms. The zero-order chi connectivity index (χ0) is 18.4. The molecule has 3 aromatic rings. The highest BCUT2D eigenvalue weighted by Gasteiger charge is 2.02. The van der Waals surface area contributed by atoms with E-state index in [1.807, 2.05) is 78.9 Å². The van der Waals surface area contributed by atoms with E-state index in [0.717, 1.165) is 27.1 Å². The lowest BCUT2D eigenvalue weighted by Gasteiger charge is -2.11. The maximum atomic E-state index is 5.97. The van der Waals surface area contributed by atoms with Gasteiger partial charge in [-0.05, 0) is 72.3 Å². The summed E-state index contributed by atoms with van der Waals surface area (Å²) in [6, 6.07) is 23.0. The lowest BCUT2D eigenvalue weighted by atomic mass is 10.1. The highest BCUT2D eigenvalue weighted by atomic mass is 79.9. The quantitative estimate of drug-likeness (QED) is 0.401. The van der Waals surface area contributed by atoms with Gasteiger partial charge in [0.15, 0.2) is 0 Å². The first-order valence-corrected chi connectivity index (χ1v) is 9.43. The molecule has 0 radical (unpaired) electrons. The summed E-state index contributed by atoms with van der Waals surface area (Å²) in [5.74, 6) is 0. The number of hydrogen-bond acceptors (Lipinski definition) is 2. The Hall–Kier alpha value is -2.07. The van der Waals surface area contributed by atoms with Gasteiger partial charge in [0.1, 0.15) is 0 Å². The second-order valence-corrected chi connectivity index (χ2v) is 7.26. The minimum Gasteiger partial charge on any atom is -0.355 e. The highest BCUT2D eigenvalue weighted by molar-refractivity contribution is 9.10. The standard InChI is InChI=1S/C21H15BrCl2N2/c22-16-3-1-15(2-4-16)21(26-20-11-7-18(24)8-12-20)13-14-25-19-9-5-17(23)6-10-19/h1-14,26H/b21-13-,25-14?. The van der Waals surface area contributed by atoms with Crippen molar-refractivity contribution in [1.82, 2.24) is 0 Å². The Bertz CT molecular complexity index is 916. The molecule has 26 heavy (non-hydrogen) atoms. The van der Waals surface area contributed by atoms with Crippen molar-refractivity contribution >= 4 is 62.4 Å². The maximum Gasteiger partial charge on any atom is 0.0630 e. The van der Waals surface area contributed by atoms with Crippen molar-refractivity contribution in [2.75, 3.05) is 5.32 Å². The van der Waals surface area contributed by atoms with Crippen molar-refractivity contribution in [3.05, 3.63) is 99.0 Å². The Balaban J connectivity index is 1.87. The van der Waals surface area contributed by atoms with Crippen LogP contribution < -0.4 is 5.32 Å². The smallest absolute Gasteiger partial charge is 0.0630 e. The molecule has 0 heterocycles. The lowest BCUT2D eigenvalue weighted by Crippen LogP contribution is -1.99. The molecule has 0 unspecified atom stereocenters. The fourth-order valence-corrected chi connectivity index (χ4v) is 2.77. The van der Waals surface area contributed by atoms with E-state index in [0.29, 0.717) is 10.0 Å². The summed E-state index contributed by atoms with van der Waals surface area (Å²) >= 11 is 15.3. The van der Waals surface area contributed by atoms with Crippen LogP contribution in [0.3, 0.4) is 0 Å². The normalized spacial score (nSPS) is 11.7. The molecule has 3 rings (SSSR count). The summed E-state index contributed by atoms with van der Waals surface area (Å²) in [6.07, 6.45) is 3.70. The molecule has 3 aromatic carbocycles. The number of aliphatic imine (C=N–C) groups is 1. The number of rotatable bonds is 5. The molecule has 0 aliphatic rings. The van der Waals surface area contributed by atoms with Crippen LogP contribution in [0.15, 0.2) is 88.3 Å². The number of anilines is 1. The minimum atomic E-state index is 0.694. The van der Waals surface area contributed by atoms with E-state index in [9.17, 15) is 0 Å². The molecule has 0 aliphatic carbocycles. The molecule has 5 heteroatoms. The summed E-state index contributed by atoms with van der Waals surface area (Å²) in [6.45, 7) is 0. The predicted octanol–water partition coefficient (Wildman–Crippen LogP) is 7.61. The van der Waals surface area contributed by atoms with Crippen molar-refractivity contribution in [3.63, 3.8) is 0 Å². The van der Waals surface area contributed by atoms with Crippen LogP contribution in [0.1, 0.15) is 5.56 Å². The van der Waals surface area contributed by atoms with Gasteiger partial charge < -0.3 is 5.32 Å². The Morgan fingerprint density at radius 2 is 1.38 bits per heavy atom. The van der Waals surface area contributed by atoms with E-state index >= 15 is 0 Å².